The fraction of sp³-hybridized carbons (Fsp3) is 0.731. The molecule has 0 aromatic carbocycles. The molecule has 5 nitrogen and oxygen atoms in total. The van der Waals surface area contributed by atoms with Gasteiger partial charge in [-0.25, -0.2) is 0 Å². The van der Waals surface area contributed by atoms with Crippen LogP contribution in [0.4, 0.5) is 0 Å². The largest absolute Gasteiger partial charge is 0.462 e. The van der Waals surface area contributed by atoms with Gasteiger partial charge < -0.3 is 14.6 Å². The Labute approximate surface area is 447 Å². The third-order valence-electron chi connectivity index (χ3n) is 13.4. The van der Waals surface area contributed by atoms with E-state index in [1.807, 2.05) is 0 Å². The first kappa shape index (κ1) is 68.8. The van der Waals surface area contributed by atoms with Crippen LogP contribution in [0.15, 0.2) is 97.2 Å². The van der Waals surface area contributed by atoms with Crippen LogP contribution in [0.2, 0.25) is 0 Å². The summed E-state index contributed by atoms with van der Waals surface area (Å²) in [5.74, 6) is -0.594. The zero-order valence-electron chi connectivity index (χ0n) is 47.4. The monoisotopic (exact) mass is 1000 g/mol. The van der Waals surface area contributed by atoms with Crippen LogP contribution in [0.25, 0.3) is 0 Å². The van der Waals surface area contributed by atoms with E-state index in [2.05, 4.69) is 111 Å². The van der Waals surface area contributed by atoms with Gasteiger partial charge in [-0.1, -0.05) is 291 Å². The average Bonchev–Trinajstić information content (AvgIpc) is 3.38. The molecule has 0 aliphatic rings. The van der Waals surface area contributed by atoms with Gasteiger partial charge in [0.25, 0.3) is 0 Å². The van der Waals surface area contributed by atoms with Crippen LogP contribution in [0, 0.1) is 0 Å². The highest BCUT2D eigenvalue weighted by Gasteiger charge is 2.16. The molecule has 0 fully saturated rings. The second kappa shape index (κ2) is 62.1. The summed E-state index contributed by atoms with van der Waals surface area (Å²) < 4.78 is 10.7. The molecule has 5 heteroatoms. The van der Waals surface area contributed by atoms with Crippen molar-refractivity contribution in [3.8, 4) is 0 Å². The second-order valence-corrected chi connectivity index (χ2v) is 20.4. The van der Waals surface area contributed by atoms with E-state index in [-0.39, 0.29) is 25.2 Å². The third-order valence-corrected chi connectivity index (χ3v) is 13.4. The SMILES string of the molecule is CC/C=C\C/C=C\C/C=C\C/C=C\C/C=C\CCCCCCCCCCCCCCCCCCCCCCCCCCCC(=O)OC(CO)COC(=O)CCCCCCCCC/C=C\C/C=C\C/C=C\CC. The zero-order valence-corrected chi connectivity index (χ0v) is 47.4. The quantitative estimate of drug-likeness (QED) is 0.0373. The Bertz CT molecular complexity index is 1360. The van der Waals surface area contributed by atoms with Gasteiger partial charge in [0.05, 0.1) is 6.61 Å². The van der Waals surface area contributed by atoms with Gasteiger partial charge in [-0.05, 0) is 89.9 Å². The molecule has 0 saturated heterocycles. The minimum absolute atomic E-state index is 0.0711. The van der Waals surface area contributed by atoms with Crippen LogP contribution in [0.3, 0.4) is 0 Å². The Balaban J connectivity index is 3.41. The maximum absolute atomic E-state index is 12.3. The van der Waals surface area contributed by atoms with Crippen molar-refractivity contribution in [3.05, 3.63) is 97.2 Å². The highest BCUT2D eigenvalue weighted by atomic mass is 16.6. The minimum Gasteiger partial charge on any atom is -0.462 e. The van der Waals surface area contributed by atoms with Gasteiger partial charge in [-0.15, -0.1) is 0 Å². The number of aliphatic hydroxyl groups is 1. The van der Waals surface area contributed by atoms with Crippen molar-refractivity contribution < 1.29 is 24.2 Å². The summed E-state index contributed by atoms with van der Waals surface area (Å²) in [6.07, 6.45) is 88.5. The molecule has 0 aliphatic carbocycles. The summed E-state index contributed by atoms with van der Waals surface area (Å²) in [7, 11) is 0. The molecule has 0 aliphatic heterocycles. The highest BCUT2D eigenvalue weighted by Crippen LogP contribution is 2.17. The predicted molar refractivity (Wildman–Crippen MR) is 316 cm³/mol. The molecule has 414 valence electrons. The Kier molecular flexibility index (Phi) is 59.4. The third kappa shape index (κ3) is 59.4. The van der Waals surface area contributed by atoms with Crippen molar-refractivity contribution in [1.29, 1.82) is 0 Å². The van der Waals surface area contributed by atoms with Gasteiger partial charge in [0, 0.05) is 12.8 Å². The molecule has 0 saturated carbocycles. The molecule has 0 aromatic rings. The fourth-order valence-corrected chi connectivity index (χ4v) is 8.83. The van der Waals surface area contributed by atoms with E-state index in [0.29, 0.717) is 12.8 Å². The van der Waals surface area contributed by atoms with Gasteiger partial charge in [0.15, 0.2) is 6.10 Å². The highest BCUT2D eigenvalue weighted by molar-refractivity contribution is 5.70. The number of ether oxygens (including phenoxy) is 2. The molecule has 0 radical (unpaired) electrons. The van der Waals surface area contributed by atoms with Crippen molar-refractivity contribution in [2.45, 2.75) is 302 Å². The summed E-state index contributed by atoms with van der Waals surface area (Å²) in [6.45, 7) is 3.93. The van der Waals surface area contributed by atoms with Gasteiger partial charge >= 0.3 is 11.9 Å². The van der Waals surface area contributed by atoms with Crippen LogP contribution < -0.4 is 0 Å². The van der Waals surface area contributed by atoms with E-state index >= 15 is 0 Å². The number of carbonyl (C=O) groups is 2. The van der Waals surface area contributed by atoms with Crippen molar-refractivity contribution in [1.82, 2.24) is 0 Å². The Hall–Kier alpha value is -3.18. The molecule has 0 rings (SSSR count). The van der Waals surface area contributed by atoms with Crippen molar-refractivity contribution in [3.63, 3.8) is 0 Å². The molecular weight excluding hydrogens is 885 g/mol. The molecule has 0 heterocycles. The molecule has 72 heavy (non-hydrogen) atoms. The molecule has 0 spiro atoms. The van der Waals surface area contributed by atoms with E-state index in [0.717, 1.165) is 96.3 Å². The van der Waals surface area contributed by atoms with E-state index in [1.165, 1.54) is 173 Å². The first-order valence-electron chi connectivity index (χ1n) is 30.8. The van der Waals surface area contributed by atoms with Crippen LogP contribution in [-0.2, 0) is 19.1 Å². The number of unbranched alkanes of at least 4 members (excludes halogenated alkanes) is 32. The van der Waals surface area contributed by atoms with E-state index in [1.54, 1.807) is 0 Å². The number of carbonyl (C=O) groups excluding carboxylic acids is 2. The number of rotatable bonds is 56. The lowest BCUT2D eigenvalue weighted by Crippen LogP contribution is -2.28. The lowest BCUT2D eigenvalue weighted by atomic mass is 10.0. The normalized spacial score (nSPS) is 12.9. The lowest BCUT2D eigenvalue weighted by Gasteiger charge is -2.15. The van der Waals surface area contributed by atoms with Crippen molar-refractivity contribution in [2.75, 3.05) is 13.2 Å². The lowest BCUT2D eigenvalue weighted by molar-refractivity contribution is -0.161. The minimum atomic E-state index is -0.778. The smallest absolute Gasteiger partial charge is 0.306 e. The first-order chi connectivity index (χ1) is 35.6. The molecule has 1 atom stereocenters. The van der Waals surface area contributed by atoms with E-state index in [9.17, 15) is 14.7 Å². The molecule has 1 N–H and O–H groups in total. The average molecular weight is 1000 g/mol. The maximum Gasteiger partial charge on any atom is 0.306 e. The molecule has 0 bridgehead atoms. The molecule has 1 unspecified atom stereocenters. The van der Waals surface area contributed by atoms with Crippen LogP contribution in [0.5, 0.6) is 0 Å². The number of hydrogen-bond acceptors (Lipinski definition) is 5. The van der Waals surface area contributed by atoms with Crippen LogP contribution in [0.1, 0.15) is 296 Å². The fourth-order valence-electron chi connectivity index (χ4n) is 8.83. The summed E-state index contributed by atoms with van der Waals surface area (Å²) in [4.78, 5) is 24.5. The summed E-state index contributed by atoms with van der Waals surface area (Å²) in [6, 6.07) is 0. The van der Waals surface area contributed by atoms with E-state index < -0.39 is 6.10 Å². The number of aliphatic hydroxyl groups excluding tert-OH is 1. The molecule has 0 amide bonds. The summed E-state index contributed by atoms with van der Waals surface area (Å²) in [5, 5.41) is 9.65. The van der Waals surface area contributed by atoms with Crippen LogP contribution >= 0.6 is 0 Å². The Morgan fingerprint density at radius 2 is 0.556 bits per heavy atom. The summed E-state index contributed by atoms with van der Waals surface area (Å²) in [5.41, 5.74) is 0. The number of hydrogen-bond donors (Lipinski definition) is 1. The molecular formula is C67H116O5. The number of allylic oxidation sites excluding steroid dienone is 16. The van der Waals surface area contributed by atoms with Gasteiger partial charge in [-0.2, -0.15) is 0 Å². The zero-order chi connectivity index (χ0) is 52.0. The van der Waals surface area contributed by atoms with Gasteiger partial charge in [0.2, 0.25) is 0 Å². The predicted octanol–water partition coefficient (Wildman–Crippen LogP) is 21.1. The maximum atomic E-state index is 12.3. The Morgan fingerprint density at radius 1 is 0.319 bits per heavy atom. The number of esters is 2. The summed E-state index contributed by atoms with van der Waals surface area (Å²) >= 11 is 0. The first-order valence-corrected chi connectivity index (χ1v) is 30.8. The van der Waals surface area contributed by atoms with Crippen molar-refractivity contribution >= 4 is 11.9 Å². The van der Waals surface area contributed by atoms with E-state index in [4.69, 9.17) is 9.47 Å². The van der Waals surface area contributed by atoms with Crippen LogP contribution in [-0.4, -0.2) is 36.4 Å². The second-order valence-electron chi connectivity index (χ2n) is 20.4. The standard InChI is InChI=1S/C67H116O5/c1-3-5-7-9-11-13-15-17-19-21-22-23-24-25-26-27-28-29-30-31-32-33-34-35-36-37-38-39-40-41-42-43-44-46-48-50-52-54-56-58-60-62-67(70)72-65(63-68)64-71-66(69)61-59-57-55-53-51-49-47-45-20-18-16-14-12-10-8-6-4-2/h5-8,11-14,17-20,22-23,25-26,65,68H,3-4,9-10,15-16,21,24,27-64H2,1-2H3/b7-5-,8-6-,13-11-,14-12-,19-17-,20-18-,23-22-,26-25-. The topological polar surface area (TPSA) is 72.8 Å². The Morgan fingerprint density at radius 3 is 0.833 bits per heavy atom. The molecule has 0 aromatic heterocycles. The van der Waals surface area contributed by atoms with Gasteiger partial charge in [-0.3, -0.25) is 9.59 Å². The van der Waals surface area contributed by atoms with Gasteiger partial charge in [0.1, 0.15) is 6.61 Å². The van der Waals surface area contributed by atoms with Crippen molar-refractivity contribution in [2.24, 2.45) is 0 Å².